The molecule has 11 heteroatoms. The van der Waals surface area contributed by atoms with Gasteiger partial charge in [-0.1, -0.05) is 51.1 Å². The van der Waals surface area contributed by atoms with E-state index in [1.54, 1.807) is 12.3 Å². The average molecular weight is 689 g/mol. The topological polar surface area (TPSA) is 121 Å². The molecule has 3 heterocycles. The van der Waals surface area contributed by atoms with Crippen LogP contribution in [0.1, 0.15) is 58.9 Å². The van der Waals surface area contributed by atoms with E-state index >= 15 is 0 Å². The van der Waals surface area contributed by atoms with Crippen LogP contribution in [0.5, 0.6) is 0 Å². The molecule has 2 aromatic carbocycles. The second-order valence-electron chi connectivity index (χ2n) is 13.1. The smallest absolute Gasteiger partial charge is 0.284 e. The summed E-state index contributed by atoms with van der Waals surface area (Å²) in [5, 5.41) is 26.2. The van der Waals surface area contributed by atoms with Gasteiger partial charge in [-0.3, -0.25) is 19.4 Å². The van der Waals surface area contributed by atoms with Gasteiger partial charge in [0.15, 0.2) is 5.01 Å². The lowest BCUT2D eigenvalue weighted by molar-refractivity contribution is -0.112. The molecule has 1 aromatic heterocycles. The molecule has 2 fully saturated rings. The third-order valence-electron chi connectivity index (χ3n) is 8.67. The number of β-amino-alcohol motifs (C(OH)–C–C–N with tert-alkyl or cyclic N) is 2. The SMILES string of the molecule is C=C(/C=C(/CN1CCC(O)C1)N(C)C)C(=O)Nc1cccc(-c2cccc(NC(=O)c3ncc(CN4CCC(O)C4)s3)c2C)c1C.CCC. The maximum absolute atomic E-state index is 13.3. The van der Waals surface area contributed by atoms with Gasteiger partial charge in [0.05, 0.1) is 12.2 Å². The van der Waals surface area contributed by atoms with Crippen molar-refractivity contribution < 1.29 is 19.8 Å². The van der Waals surface area contributed by atoms with Gasteiger partial charge in [0.1, 0.15) is 0 Å². The molecule has 0 saturated carbocycles. The van der Waals surface area contributed by atoms with Crippen LogP contribution >= 0.6 is 11.3 Å². The lowest BCUT2D eigenvalue weighted by atomic mass is 9.94. The van der Waals surface area contributed by atoms with Crippen LogP contribution < -0.4 is 10.6 Å². The molecule has 4 N–H and O–H groups in total. The molecule has 2 atom stereocenters. The molecule has 10 nitrogen and oxygen atoms in total. The predicted octanol–water partition coefficient (Wildman–Crippen LogP) is 5.67. The normalized spacial score (nSPS) is 18.2. The first-order valence-corrected chi connectivity index (χ1v) is 17.9. The van der Waals surface area contributed by atoms with E-state index in [1.807, 2.05) is 69.2 Å². The number of nitrogens with zero attached hydrogens (tertiary/aromatic N) is 4. The third-order valence-corrected chi connectivity index (χ3v) is 9.65. The van der Waals surface area contributed by atoms with Crippen LogP contribution in [0.3, 0.4) is 0 Å². The van der Waals surface area contributed by atoms with Gasteiger partial charge in [0, 0.05) is 87.1 Å². The first-order chi connectivity index (χ1) is 23.4. The fourth-order valence-corrected chi connectivity index (χ4v) is 6.78. The minimum absolute atomic E-state index is 0.264. The number of aromatic nitrogens is 1. The number of aliphatic hydroxyl groups is 2. The molecule has 3 aromatic rings. The Morgan fingerprint density at radius 1 is 0.959 bits per heavy atom. The predicted molar refractivity (Wildman–Crippen MR) is 200 cm³/mol. The molecule has 2 aliphatic rings. The van der Waals surface area contributed by atoms with Crippen molar-refractivity contribution in [3.8, 4) is 11.1 Å². The van der Waals surface area contributed by atoms with Crippen LogP contribution in [0.15, 0.2) is 66.5 Å². The zero-order chi connectivity index (χ0) is 35.7. The Labute approximate surface area is 295 Å². The highest BCUT2D eigenvalue weighted by atomic mass is 32.1. The number of thiazole rings is 1. The summed E-state index contributed by atoms with van der Waals surface area (Å²) in [4.78, 5) is 38.1. The fourth-order valence-electron chi connectivity index (χ4n) is 5.93. The summed E-state index contributed by atoms with van der Waals surface area (Å²) in [6.45, 7) is 16.5. The van der Waals surface area contributed by atoms with E-state index in [9.17, 15) is 19.8 Å². The number of hydrogen-bond donors (Lipinski definition) is 4. The summed E-state index contributed by atoms with van der Waals surface area (Å²) in [5.74, 6) is -0.553. The first kappa shape index (κ1) is 37.9. The zero-order valence-corrected chi connectivity index (χ0v) is 30.6. The molecule has 2 saturated heterocycles. The minimum atomic E-state index is -0.307. The number of anilines is 2. The van der Waals surface area contributed by atoms with Crippen LogP contribution in [0.25, 0.3) is 11.1 Å². The highest BCUT2D eigenvalue weighted by molar-refractivity contribution is 7.13. The third kappa shape index (κ3) is 10.3. The molecule has 2 aliphatic heterocycles. The number of carbonyl (C=O) groups is 2. The van der Waals surface area contributed by atoms with Gasteiger partial charge in [0.2, 0.25) is 0 Å². The van der Waals surface area contributed by atoms with Gasteiger partial charge in [-0.25, -0.2) is 4.98 Å². The Morgan fingerprint density at radius 2 is 1.51 bits per heavy atom. The Hall–Kier alpha value is -3.87. The number of amides is 2. The van der Waals surface area contributed by atoms with Crippen molar-refractivity contribution in [2.24, 2.45) is 0 Å². The maximum Gasteiger partial charge on any atom is 0.284 e. The first-order valence-electron chi connectivity index (χ1n) is 17.0. The summed E-state index contributed by atoms with van der Waals surface area (Å²) >= 11 is 1.37. The second-order valence-corrected chi connectivity index (χ2v) is 14.2. The summed E-state index contributed by atoms with van der Waals surface area (Å²) in [6, 6.07) is 11.6. The Morgan fingerprint density at radius 3 is 2.04 bits per heavy atom. The average Bonchev–Trinajstić information content (AvgIpc) is 3.81. The van der Waals surface area contributed by atoms with Crippen molar-refractivity contribution in [1.82, 2.24) is 19.7 Å². The Balaban J connectivity index is 0.00000174. The number of likely N-dealkylation sites (N-methyl/N-ethyl adjacent to an activating group) is 1. The largest absolute Gasteiger partial charge is 0.392 e. The summed E-state index contributed by atoms with van der Waals surface area (Å²) in [5.41, 5.74) is 6.34. The van der Waals surface area contributed by atoms with Crippen molar-refractivity contribution in [2.45, 2.75) is 65.7 Å². The van der Waals surface area contributed by atoms with Crippen molar-refractivity contribution >= 4 is 34.5 Å². The lowest BCUT2D eigenvalue weighted by Gasteiger charge is -2.23. The van der Waals surface area contributed by atoms with Gasteiger partial charge in [-0.05, 0) is 67.2 Å². The van der Waals surface area contributed by atoms with Gasteiger partial charge in [0.25, 0.3) is 11.8 Å². The number of hydrogen-bond acceptors (Lipinski definition) is 9. The molecule has 0 aliphatic carbocycles. The van der Waals surface area contributed by atoms with Crippen molar-refractivity contribution in [2.75, 3.05) is 57.5 Å². The number of nitrogens with one attached hydrogen (secondary N) is 2. The van der Waals surface area contributed by atoms with Gasteiger partial charge < -0.3 is 25.7 Å². The number of carbonyl (C=O) groups excluding carboxylic acids is 2. The van der Waals surface area contributed by atoms with Gasteiger partial charge >= 0.3 is 0 Å². The van der Waals surface area contributed by atoms with Gasteiger partial charge in [-0.15, -0.1) is 11.3 Å². The molecule has 0 radical (unpaired) electrons. The van der Waals surface area contributed by atoms with E-state index in [4.69, 9.17) is 0 Å². The molecule has 5 rings (SSSR count). The molecule has 264 valence electrons. The summed E-state index contributed by atoms with van der Waals surface area (Å²) < 4.78 is 0. The zero-order valence-electron chi connectivity index (χ0n) is 29.8. The number of aliphatic hydroxyl groups excluding tert-OH is 2. The quantitative estimate of drug-likeness (QED) is 0.150. The van der Waals surface area contributed by atoms with Crippen LogP contribution in [0.4, 0.5) is 11.4 Å². The number of rotatable bonds is 11. The second kappa shape index (κ2) is 17.7. The van der Waals surface area contributed by atoms with E-state index < -0.39 is 0 Å². The van der Waals surface area contributed by atoms with Crippen LogP contribution in [0, 0.1) is 13.8 Å². The van der Waals surface area contributed by atoms with E-state index in [1.165, 1.54) is 17.8 Å². The highest BCUT2D eigenvalue weighted by Gasteiger charge is 2.23. The summed E-state index contributed by atoms with van der Waals surface area (Å²) in [7, 11) is 3.87. The molecule has 0 bridgehead atoms. The molecule has 49 heavy (non-hydrogen) atoms. The summed E-state index contributed by atoms with van der Waals surface area (Å²) in [6.07, 6.45) is 5.72. The van der Waals surface area contributed by atoms with E-state index in [0.29, 0.717) is 48.1 Å². The Kier molecular flexibility index (Phi) is 13.7. The Bertz CT molecular complexity index is 1650. The fraction of sp³-hybridized carbons (Fsp3) is 0.447. The lowest BCUT2D eigenvalue weighted by Crippen LogP contribution is -2.29. The molecular formula is C38H52N6O4S. The van der Waals surface area contributed by atoms with Crippen LogP contribution in [-0.4, -0.2) is 101 Å². The van der Waals surface area contributed by atoms with E-state index in [-0.39, 0.29) is 24.0 Å². The number of benzene rings is 2. The molecular weight excluding hydrogens is 637 g/mol. The minimum Gasteiger partial charge on any atom is -0.392 e. The van der Waals surface area contributed by atoms with E-state index in [0.717, 1.165) is 58.8 Å². The van der Waals surface area contributed by atoms with Crippen LogP contribution in [-0.2, 0) is 11.3 Å². The molecule has 2 amide bonds. The van der Waals surface area contributed by atoms with E-state index in [2.05, 4.69) is 45.8 Å². The standard InChI is InChI=1S/C35H44N6O4S.C3H8/c1-22(16-25(39(4)5)18-40-14-12-26(42)19-40)33(44)37-31-10-6-8-29(23(31)2)30-9-7-11-32(24(30)3)38-34(45)35-36-17-28(46-35)21-41-15-13-27(43)20-41;1-3-2/h6-11,16-17,26-27,42-43H,1,12-15,18-21H2,2-5H3,(H,37,44)(H,38,45);3H2,1-2H3/b25-16-;. The highest BCUT2D eigenvalue weighted by Crippen LogP contribution is 2.34. The van der Waals surface area contributed by atoms with Crippen molar-refractivity contribution in [3.05, 3.63) is 87.5 Å². The molecule has 2 unspecified atom stereocenters. The van der Waals surface area contributed by atoms with Crippen molar-refractivity contribution in [1.29, 1.82) is 0 Å². The number of likely N-dealkylation sites (tertiary alicyclic amines) is 2. The maximum atomic E-state index is 13.3. The van der Waals surface area contributed by atoms with Gasteiger partial charge in [-0.2, -0.15) is 0 Å². The van der Waals surface area contributed by atoms with Crippen molar-refractivity contribution in [3.63, 3.8) is 0 Å². The monoisotopic (exact) mass is 688 g/mol. The molecule has 0 spiro atoms. The van der Waals surface area contributed by atoms with Crippen LogP contribution in [0.2, 0.25) is 0 Å².